The second-order valence-electron chi connectivity index (χ2n) is 6.84. The fraction of sp³-hybridized carbons (Fsp3) is 0.750. The third kappa shape index (κ3) is 5.69. The van der Waals surface area contributed by atoms with Gasteiger partial charge in [0.15, 0.2) is 6.23 Å². The van der Waals surface area contributed by atoms with E-state index in [1.165, 1.54) is 0 Å². The Morgan fingerprint density at radius 3 is 2.62 bits per heavy atom. The number of aliphatic hydroxyl groups is 6. The van der Waals surface area contributed by atoms with Crippen molar-refractivity contribution in [2.45, 2.75) is 48.9 Å². The summed E-state index contributed by atoms with van der Waals surface area (Å²) in [5, 5.41) is 72.3. The molecular formula is C16H26N2O11. The van der Waals surface area contributed by atoms with Crippen LogP contribution in [-0.4, -0.2) is 116 Å². The van der Waals surface area contributed by atoms with Gasteiger partial charge in [0.1, 0.15) is 30.5 Å². The molecule has 1 saturated heterocycles. The molecule has 1 fully saturated rings. The van der Waals surface area contributed by atoms with Crippen molar-refractivity contribution in [3.63, 3.8) is 0 Å². The topological polar surface area (TPSA) is 218 Å². The molecule has 2 aliphatic heterocycles. The molecule has 29 heavy (non-hydrogen) atoms. The molecule has 1 amide bonds. The van der Waals surface area contributed by atoms with Crippen molar-refractivity contribution in [2.75, 3.05) is 26.4 Å². The molecule has 0 aromatic rings. The molecule has 2 aliphatic rings. The molecule has 0 unspecified atom stereocenters. The van der Waals surface area contributed by atoms with E-state index in [1.54, 1.807) is 6.08 Å². The second kappa shape index (κ2) is 9.88. The van der Waals surface area contributed by atoms with E-state index < -0.39 is 73.9 Å². The van der Waals surface area contributed by atoms with Gasteiger partial charge in [-0.1, -0.05) is 6.08 Å². The Balaban J connectivity index is 1.91. The highest BCUT2D eigenvalue weighted by Crippen LogP contribution is 2.23. The van der Waals surface area contributed by atoms with Gasteiger partial charge in [0, 0.05) is 12.0 Å². The van der Waals surface area contributed by atoms with Gasteiger partial charge >= 0.3 is 5.97 Å². The fourth-order valence-electron chi connectivity index (χ4n) is 2.89. The normalized spacial score (nSPS) is 34.3. The predicted octanol–water partition coefficient (Wildman–Crippen LogP) is -5.03. The van der Waals surface area contributed by atoms with E-state index >= 15 is 0 Å². The lowest BCUT2D eigenvalue weighted by atomic mass is 9.96. The van der Waals surface area contributed by atoms with Crippen LogP contribution < -0.4 is 10.6 Å². The van der Waals surface area contributed by atoms with Gasteiger partial charge in [0.05, 0.1) is 26.4 Å². The Morgan fingerprint density at radius 1 is 1.31 bits per heavy atom. The molecule has 9 N–H and O–H groups in total. The second-order valence-corrected chi connectivity index (χ2v) is 6.84. The molecule has 13 heteroatoms. The minimum Gasteiger partial charge on any atom is -0.480 e. The molecule has 0 radical (unpaired) electrons. The zero-order chi connectivity index (χ0) is 21.8. The third-order valence-electron chi connectivity index (χ3n) is 4.75. The van der Waals surface area contributed by atoms with Gasteiger partial charge in [-0.3, -0.25) is 14.9 Å². The number of carbonyl (C=O) groups excluding carboxylic acids is 1. The molecule has 7 atom stereocenters. The summed E-state index contributed by atoms with van der Waals surface area (Å²) in [6.45, 7) is -1.37. The summed E-state index contributed by atoms with van der Waals surface area (Å²) < 4.78 is 10.1. The molecule has 0 spiro atoms. The summed E-state index contributed by atoms with van der Waals surface area (Å²) in [7, 11) is 0. The number of hydrogen-bond acceptors (Lipinski definition) is 11. The maximum atomic E-state index is 12.1. The van der Waals surface area contributed by atoms with Gasteiger partial charge in [-0.05, 0) is 0 Å². The monoisotopic (exact) mass is 422 g/mol. The lowest BCUT2D eigenvalue weighted by molar-refractivity contribution is -0.318. The van der Waals surface area contributed by atoms with Crippen LogP contribution in [0.5, 0.6) is 0 Å². The quantitative estimate of drug-likeness (QED) is 0.159. The van der Waals surface area contributed by atoms with Gasteiger partial charge < -0.3 is 50.5 Å². The Hall–Kier alpha value is -1.68. The van der Waals surface area contributed by atoms with Crippen molar-refractivity contribution >= 4 is 11.9 Å². The zero-order valence-corrected chi connectivity index (χ0v) is 15.3. The van der Waals surface area contributed by atoms with Gasteiger partial charge in [0.25, 0.3) is 5.91 Å². The number of carboxylic acid groups (broad SMARTS) is 1. The molecule has 2 heterocycles. The molecule has 166 valence electrons. The maximum Gasteiger partial charge on any atom is 0.320 e. The number of aliphatic carboxylic acids is 1. The van der Waals surface area contributed by atoms with Crippen LogP contribution in [0.1, 0.15) is 6.42 Å². The molecule has 0 aromatic carbocycles. The highest BCUT2D eigenvalue weighted by molar-refractivity contribution is 5.82. The van der Waals surface area contributed by atoms with Crippen molar-refractivity contribution in [1.29, 1.82) is 0 Å². The van der Waals surface area contributed by atoms with Crippen molar-refractivity contribution in [3.8, 4) is 0 Å². The third-order valence-corrected chi connectivity index (χ3v) is 4.75. The predicted molar refractivity (Wildman–Crippen MR) is 92.0 cm³/mol. The van der Waals surface area contributed by atoms with Gasteiger partial charge in [-0.15, -0.1) is 0 Å². The van der Waals surface area contributed by atoms with Crippen LogP contribution >= 0.6 is 0 Å². The van der Waals surface area contributed by atoms with E-state index in [4.69, 9.17) is 14.6 Å². The van der Waals surface area contributed by atoms with E-state index in [0.717, 1.165) is 0 Å². The fourth-order valence-corrected chi connectivity index (χ4v) is 2.89. The maximum absolute atomic E-state index is 12.1. The molecule has 0 bridgehead atoms. The van der Waals surface area contributed by atoms with Crippen LogP contribution in [0.25, 0.3) is 0 Å². The molecule has 0 saturated carbocycles. The largest absolute Gasteiger partial charge is 0.480 e. The number of nitrogens with one attached hydrogen (secondary N) is 2. The minimum atomic E-state index is -2.39. The van der Waals surface area contributed by atoms with Crippen LogP contribution in [0.3, 0.4) is 0 Å². The van der Waals surface area contributed by atoms with Crippen LogP contribution in [0, 0.1) is 0 Å². The minimum absolute atomic E-state index is 0.164. The van der Waals surface area contributed by atoms with Crippen LogP contribution in [0.4, 0.5) is 0 Å². The van der Waals surface area contributed by atoms with E-state index in [-0.39, 0.29) is 13.2 Å². The molecule has 0 aliphatic carbocycles. The van der Waals surface area contributed by atoms with Gasteiger partial charge in [0.2, 0.25) is 5.79 Å². The summed E-state index contributed by atoms with van der Waals surface area (Å²) in [4.78, 5) is 23.5. The standard InChI is InChI=1S/C16H26N2O11/c19-4-7-1-2-28-14(7)18-13(24)9(20)3-8(15(25)26)17-6-16(27)12(23)11(22)10(21)5-29-16/h1,8-12,14,17,19-23,27H,2-6H2,(H,18,24)(H,25,26)/t8-,9-,10+,11+,12-,14-,16+/m0/s1. The highest BCUT2D eigenvalue weighted by Gasteiger charge is 2.48. The Labute approximate surface area is 165 Å². The van der Waals surface area contributed by atoms with Gasteiger partial charge in [-0.2, -0.15) is 0 Å². The summed E-state index contributed by atoms with van der Waals surface area (Å²) in [6.07, 6.45) is -6.82. The van der Waals surface area contributed by atoms with E-state index in [9.17, 15) is 40.2 Å². The SMILES string of the molecule is O=C(O)[C@H](C[C@H](O)C(=O)N[C@H]1OCC=C1CO)NC[C@@]1(O)OC[C@@H](O)[C@@H](O)[C@@H]1O. The number of ether oxygens (including phenoxy) is 2. The summed E-state index contributed by atoms with van der Waals surface area (Å²) in [6, 6.07) is -1.53. The Morgan fingerprint density at radius 2 is 2.00 bits per heavy atom. The van der Waals surface area contributed by atoms with Crippen molar-refractivity contribution < 1.29 is 54.8 Å². The zero-order valence-electron chi connectivity index (χ0n) is 15.3. The van der Waals surface area contributed by atoms with Crippen molar-refractivity contribution in [2.24, 2.45) is 0 Å². The number of amides is 1. The first-order chi connectivity index (χ1) is 13.6. The Bertz CT molecular complexity index is 630. The lowest BCUT2D eigenvalue weighted by Gasteiger charge is -2.42. The summed E-state index contributed by atoms with van der Waals surface area (Å²) >= 11 is 0. The van der Waals surface area contributed by atoms with Crippen LogP contribution in [0.15, 0.2) is 11.6 Å². The number of aliphatic hydroxyl groups excluding tert-OH is 5. The van der Waals surface area contributed by atoms with Gasteiger partial charge in [-0.25, -0.2) is 0 Å². The average Bonchev–Trinajstić information content (AvgIpc) is 3.13. The Kier molecular flexibility index (Phi) is 8.04. The average molecular weight is 422 g/mol. The first-order valence-corrected chi connectivity index (χ1v) is 8.85. The van der Waals surface area contributed by atoms with E-state index in [0.29, 0.717) is 5.57 Å². The summed E-state index contributed by atoms with van der Waals surface area (Å²) in [5.41, 5.74) is 0.393. The van der Waals surface area contributed by atoms with E-state index in [1.807, 2.05) is 0 Å². The smallest absolute Gasteiger partial charge is 0.320 e. The first-order valence-electron chi connectivity index (χ1n) is 8.85. The number of carboxylic acids is 1. The molecular weight excluding hydrogens is 396 g/mol. The van der Waals surface area contributed by atoms with Crippen LogP contribution in [0.2, 0.25) is 0 Å². The molecule has 0 aromatic heterocycles. The number of rotatable bonds is 9. The van der Waals surface area contributed by atoms with Crippen LogP contribution in [-0.2, 0) is 19.1 Å². The van der Waals surface area contributed by atoms with Crippen molar-refractivity contribution in [1.82, 2.24) is 10.6 Å². The number of hydrogen-bond donors (Lipinski definition) is 9. The highest BCUT2D eigenvalue weighted by atomic mass is 16.6. The van der Waals surface area contributed by atoms with Crippen molar-refractivity contribution in [3.05, 3.63) is 11.6 Å². The molecule has 13 nitrogen and oxygen atoms in total. The number of carbonyl (C=O) groups is 2. The van der Waals surface area contributed by atoms with E-state index in [2.05, 4.69) is 10.6 Å². The summed E-state index contributed by atoms with van der Waals surface area (Å²) in [5.74, 6) is -4.78. The first kappa shape index (κ1) is 23.6. The lowest BCUT2D eigenvalue weighted by Crippen LogP contribution is -2.65. The molecule has 2 rings (SSSR count).